The van der Waals surface area contributed by atoms with Crippen LogP contribution in [0.15, 0.2) is 48.5 Å². The van der Waals surface area contributed by atoms with Gasteiger partial charge in [-0.2, -0.15) is 0 Å². The maximum absolute atomic E-state index is 12.8. The molecule has 2 aromatic rings. The average molecular weight is 326 g/mol. The number of hydrogen-bond acceptors (Lipinski definition) is 3. The summed E-state index contributed by atoms with van der Waals surface area (Å²) in [5, 5.41) is 0. The molecular weight excluding hydrogens is 300 g/mol. The highest BCUT2D eigenvalue weighted by atomic mass is 16.5. The molecule has 2 aromatic carbocycles. The van der Waals surface area contributed by atoms with Crippen LogP contribution in [0.25, 0.3) is 0 Å². The summed E-state index contributed by atoms with van der Waals surface area (Å²) in [6, 6.07) is 14.7. The first kappa shape index (κ1) is 18.1. The van der Waals surface area contributed by atoms with Gasteiger partial charge < -0.3 is 9.47 Å². The van der Waals surface area contributed by atoms with Crippen LogP contribution in [0.5, 0.6) is 11.5 Å². The molecule has 0 radical (unpaired) electrons. The average Bonchev–Trinajstić information content (AvgIpc) is 2.62. The molecule has 0 aromatic heterocycles. The molecule has 0 aliphatic heterocycles. The summed E-state index contributed by atoms with van der Waals surface area (Å²) < 4.78 is 11.9. The molecule has 24 heavy (non-hydrogen) atoms. The van der Waals surface area contributed by atoms with E-state index in [-0.39, 0.29) is 18.0 Å². The van der Waals surface area contributed by atoms with E-state index < -0.39 is 0 Å². The van der Waals surface area contributed by atoms with E-state index in [4.69, 9.17) is 9.47 Å². The first-order valence-electron chi connectivity index (χ1n) is 8.62. The predicted octanol–water partition coefficient (Wildman–Crippen LogP) is 5.27. The van der Waals surface area contributed by atoms with Gasteiger partial charge in [-0.15, -0.1) is 0 Å². The Hall–Kier alpha value is -2.29. The zero-order valence-corrected chi connectivity index (χ0v) is 14.9. The largest absolute Gasteiger partial charge is 0.491 e. The lowest BCUT2D eigenvalue weighted by Crippen LogP contribution is -2.14. The quantitative estimate of drug-likeness (QED) is 0.620. The van der Waals surface area contributed by atoms with Crippen LogP contribution >= 0.6 is 0 Å². The van der Waals surface area contributed by atoms with Crippen molar-refractivity contribution in [2.45, 2.75) is 52.7 Å². The van der Waals surface area contributed by atoms with E-state index in [1.807, 2.05) is 56.3 Å². The van der Waals surface area contributed by atoms with E-state index in [1.165, 1.54) is 0 Å². The van der Waals surface area contributed by atoms with Gasteiger partial charge in [-0.05, 0) is 38.8 Å². The molecule has 2 unspecified atom stereocenters. The summed E-state index contributed by atoms with van der Waals surface area (Å²) in [5.74, 6) is 1.27. The van der Waals surface area contributed by atoms with Gasteiger partial charge in [0.2, 0.25) is 0 Å². The second-order valence-corrected chi connectivity index (χ2v) is 6.03. The highest BCUT2D eigenvalue weighted by Crippen LogP contribution is 2.29. The van der Waals surface area contributed by atoms with Gasteiger partial charge in [0.25, 0.3) is 0 Å². The van der Waals surface area contributed by atoms with Gasteiger partial charge in [0, 0.05) is 11.6 Å². The fraction of sp³-hybridized carbons (Fsp3) is 0.381. The molecule has 0 aliphatic rings. The van der Waals surface area contributed by atoms with E-state index >= 15 is 0 Å². The molecule has 0 amide bonds. The molecule has 0 N–H and O–H groups in total. The fourth-order valence-corrected chi connectivity index (χ4v) is 2.22. The Morgan fingerprint density at radius 1 is 0.917 bits per heavy atom. The predicted molar refractivity (Wildman–Crippen MR) is 97.1 cm³/mol. The van der Waals surface area contributed by atoms with Crippen molar-refractivity contribution in [3.8, 4) is 11.5 Å². The fourth-order valence-electron chi connectivity index (χ4n) is 2.22. The van der Waals surface area contributed by atoms with Crippen molar-refractivity contribution < 1.29 is 14.3 Å². The minimum absolute atomic E-state index is 0.0335. The van der Waals surface area contributed by atoms with Gasteiger partial charge in [-0.1, -0.05) is 44.2 Å². The second-order valence-electron chi connectivity index (χ2n) is 6.03. The molecule has 128 valence electrons. The van der Waals surface area contributed by atoms with Crippen molar-refractivity contribution >= 4 is 5.78 Å². The summed E-state index contributed by atoms with van der Waals surface area (Å²) in [7, 11) is 0. The van der Waals surface area contributed by atoms with Gasteiger partial charge in [0.15, 0.2) is 5.78 Å². The van der Waals surface area contributed by atoms with Crippen LogP contribution < -0.4 is 9.47 Å². The Morgan fingerprint density at radius 3 is 2.17 bits per heavy atom. The number of rotatable bonds is 8. The number of carbonyl (C=O) groups is 1. The van der Waals surface area contributed by atoms with Crippen molar-refractivity contribution in [2.75, 3.05) is 0 Å². The monoisotopic (exact) mass is 326 g/mol. The van der Waals surface area contributed by atoms with Gasteiger partial charge in [-0.3, -0.25) is 4.79 Å². The van der Waals surface area contributed by atoms with Gasteiger partial charge in [0.1, 0.15) is 11.5 Å². The van der Waals surface area contributed by atoms with E-state index in [9.17, 15) is 4.79 Å². The molecule has 0 saturated heterocycles. The van der Waals surface area contributed by atoms with Crippen LogP contribution in [-0.4, -0.2) is 18.0 Å². The van der Waals surface area contributed by atoms with E-state index in [1.54, 1.807) is 6.07 Å². The Kier molecular flexibility index (Phi) is 6.42. The summed E-state index contributed by atoms with van der Waals surface area (Å²) in [6.45, 7) is 8.16. The minimum Gasteiger partial charge on any atom is -0.491 e. The standard InChI is InChI=1S/C21H26O3/c1-5-15(3)23-18-12-13-19(20(14-18)24-16(4)6-2)21(22)17-10-8-7-9-11-17/h7-16H,5-6H2,1-4H3. The topological polar surface area (TPSA) is 35.5 Å². The second kappa shape index (κ2) is 8.53. The van der Waals surface area contributed by atoms with Crippen molar-refractivity contribution in [3.63, 3.8) is 0 Å². The number of ether oxygens (including phenoxy) is 2. The molecule has 0 aliphatic carbocycles. The minimum atomic E-state index is -0.0380. The molecule has 0 spiro atoms. The smallest absolute Gasteiger partial charge is 0.196 e. The summed E-state index contributed by atoms with van der Waals surface area (Å²) in [6.07, 6.45) is 1.95. The molecule has 0 bridgehead atoms. The first-order valence-corrected chi connectivity index (χ1v) is 8.62. The highest BCUT2D eigenvalue weighted by Gasteiger charge is 2.17. The number of ketones is 1. The zero-order valence-electron chi connectivity index (χ0n) is 14.9. The van der Waals surface area contributed by atoms with Crippen LogP contribution in [0.2, 0.25) is 0 Å². The number of carbonyl (C=O) groups excluding carboxylic acids is 1. The van der Waals surface area contributed by atoms with Crippen LogP contribution in [0.3, 0.4) is 0 Å². The molecule has 0 heterocycles. The van der Waals surface area contributed by atoms with Crippen molar-refractivity contribution in [2.24, 2.45) is 0 Å². The maximum Gasteiger partial charge on any atom is 0.196 e. The van der Waals surface area contributed by atoms with Crippen LogP contribution in [0.1, 0.15) is 56.5 Å². The SMILES string of the molecule is CCC(C)Oc1ccc(C(=O)c2ccccc2)c(OC(C)CC)c1. The highest BCUT2D eigenvalue weighted by molar-refractivity contribution is 6.10. The molecule has 3 heteroatoms. The summed E-state index contributed by atoms with van der Waals surface area (Å²) in [5.41, 5.74) is 1.22. The first-order chi connectivity index (χ1) is 11.5. The normalized spacial score (nSPS) is 13.2. The third-order valence-corrected chi connectivity index (χ3v) is 4.05. The Bertz CT molecular complexity index is 664. The maximum atomic E-state index is 12.8. The van der Waals surface area contributed by atoms with Gasteiger partial charge in [0.05, 0.1) is 17.8 Å². The Balaban J connectivity index is 2.36. The molecule has 0 fully saturated rings. The van der Waals surface area contributed by atoms with Crippen molar-refractivity contribution in [1.82, 2.24) is 0 Å². The van der Waals surface area contributed by atoms with Crippen LogP contribution in [0.4, 0.5) is 0 Å². The van der Waals surface area contributed by atoms with Crippen molar-refractivity contribution in [1.29, 1.82) is 0 Å². The zero-order chi connectivity index (χ0) is 17.5. The number of benzene rings is 2. The van der Waals surface area contributed by atoms with Crippen molar-refractivity contribution in [3.05, 3.63) is 59.7 Å². The van der Waals surface area contributed by atoms with Gasteiger partial charge >= 0.3 is 0 Å². The Morgan fingerprint density at radius 2 is 1.54 bits per heavy atom. The third kappa shape index (κ3) is 4.60. The molecule has 3 nitrogen and oxygen atoms in total. The summed E-state index contributed by atoms with van der Waals surface area (Å²) >= 11 is 0. The van der Waals surface area contributed by atoms with Gasteiger partial charge in [-0.25, -0.2) is 0 Å². The molecular formula is C21H26O3. The lowest BCUT2D eigenvalue weighted by atomic mass is 10.0. The Labute approximate surface area is 144 Å². The molecule has 2 atom stereocenters. The van der Waals surface area contributed by atoms with Crippen LogP contribution in [-0.2, 0) is 0 Å². The lowest BCUT2D eigenvalue weighted by Gasteiger charge is -2.18. The molecule has 2 rings (SSSR count). The molecule has 0 saturated carbocycles. The number of hydrogen-bond donors (Lipinski definition) is 0. The summed E-state index contributed by atoms with van der Waals surface area (Å²) in [4.78, 5) is 12.8. The van der Waals surface area contributed by atoms with E-state index in [2.05, 4.69) is 13.8 Å². The van der Waals surface area contributed by atoms with E-state index in [0.717, 1.165) is 18.6 Å². The lowest BCUT2D eigenvalue weighted by molar-refractivity contribution is 0.103. The third-order valence-electron chi connectivity index (χ3n) is 4.05. The van der Waals surface area contributed by atoms with E-state index in [0.29, 0.717) is 16.9 Å². The van der Waals surface area contributed by atoms with Crippen LogP contribution in [0, 0.1) is 0 Å².